The van der Waals surface area contributed by atoms with Crippen LogP contribution in [0, 0.1) is 17.0 Å². The molecule has 112 valence electrons. The van der Waals surface area contributed by atoms with Crippen LogP contribution in [-0.4, -0.2) is 22.3 Å². The first-order valence-electron chi connectivity index (χ1n) is 7.17. The van der Waals surface area contributed by atoms with E-state index in [9.17, 15) is 14.9 Å². The Morgan fingerprint density at radius 1 is 1.18 bits per heavy atom. The molecule has 0 N–H and O–H groups in total. The Morgan fingerprint density at radius 2 is 1.91 bits per heavy atom. The number of aryl methyl sites for hydroxylation is 1. The monoisotopic (exact) mass is 296 g/mol. The van der Waals surface area contributed by atoms with Gasteiger partial charge in [-0.05, 0) is 30.5 Å². The van der Waals surface area contributed by atoms with Crippen LogP contribution in [0.2, 0.25) is 0 Å². The summed E-state index contributed by atoms with van der Waals surface area (Å²) in [5, 5.41) is 11.0. The molecule has 0 saturated heterocycles. The minimum atomic E-state index is -0.447. The first-order valence-corrected chi connectivity index (χ1v) is 7.17. The Morgan fingerprint density at radius 3 is 2.64 bits per heavy atom. The second-order valence-electron chi connectivity index (χ2n) is 5.50. The van der Waals surface area contributed by atoms with E-state index in [2.05, 4.69) is 6.07 Å². The van der Waals surface area contributed by atoms with Crippen LogP contribution in [0.1, 0.15) is 27.0 Å². The summed E-state index contributed by atoms with van der Waals surface area (Å²) in [5.41, 5.74) is 3.33. The lowest BCUT2D eigenvalue weighted by atomic mass is 9.99. The zero-order chi connectivity index (χ0) is 15.7. The highest BCUT2D eigenvalue weighted by Gasteiger charge is 2.23. The van der Waals surface area contributed by atoms with Crippen molar-refractivity contribution in [2.45, 2.75) is 19.9 Å². The van der Waals surface area contributed by atoms with Crippen molar-refractivity contribution in [2.75, 3.05) is 6.54 Å². The highest BCUT2D eigenvalue weighted by atomic mass is 16.6. The molecular formula is C17H16N2O3. The number of nitrogens with zero attached hydrogens (tertiary/aromatic N) is 2. The van der Waals surface area contributed by atoms with Gasteiger partial charge in [0.05, 0.1) is 4.92 Å². The van der Waals surface area contributed by atoms with Crippen molar-refractivity contribution >= 4 is 11.6 Å². The molecule has 0 atom stereocenters. The number of rotatable bonds is 2. The van der Waals surface area contributed by atoms with E-state index in [0.29, 0.717) is 24.2 Å². The largest absolute Gasteiger partial charge is 0.334 e. The van der Waals surface area contributed by atoms with Gasteiger partial charge >= 0.3 is 0 Å². The summed E-state index contributed by atoms with van der Waals surface area (Å²) < 4.78 is 0. The minimum absolute atomic E-state index is 0.0109. The average molecular weight is 296 g/mol. The smallest absolute Gasteiger partial charge is 0.273 e. The first-order chi connectivity index (χ1) is 10.6. The van der Waals surface area contributed by atoms with Gasteiger partial charge in [0.1, 0.15) is 0 Å². The Labute approximate surface area is 128 Å². The van der Waals surface area contributed by atoms with Gasteiger partial charge in [-0.15, -0.1) is 0 Å². The lowest BCUT2D eigenvalue weighted by Gasteiger charge is -2.29. The summed E-state index contributed by atoms with van der Waals surface area (Å²) in [5.74, 6) is -0.155. The van der Waals surface area contributed by atoms with Gasteiger partial charge in [0, 0.05) is 30.3 Å². The first kappa shape index (κ1) is 14.3. The topological polar surface area (TPSA) is 63.5 Å². The molecule has 3 rings (SSSR count). The second-order valence-corrected chi connectivity index (χ2v) is 5.50. The molecule has 1 aliphatic rings. The quantitative estimate of drug-likeness (QED) is 0.632. The normalized spacial score (nSPS) is 13.6. The van der Waals surface area contributed by atoms with Gasteiger partial charge in [-0.25, -0.2) is 0 Å². The highest BCUT2D eigenvalue weighted by molar-refractivity contribution is 5.95. The molecule has 1 heterocycles. The third-order valence-electron chi connectivity index (χ3n) is 4.07. The van der Waals surface area contributed by atoms with E-state index < -0.39 is 4.92 Å². The van der Waals surface area contributed by atoms with Crippen LogP contribution in [0.25, 0.3) is 0 Å². The SMILES string of the molecule is Cc1ccc(C(=O)N2CCc3ccccc3C2)cc1[N+](=O)[O-]. The van der Waals surface area contributed by atoms with Gasteiger partial charge in [-0.3, -0.25) is 14.9 Å². The number of amides is 1. The van der Waals surface area contributed by atoms with E-state index in [4.69, 9.17) is 0 Å². The third kappa shape index (κ3) is 2.57. The van der Waals surface area contributed by atoms with Crippen molar-refractivity contribution in [3.8, 4) is 0 Å². The molecular weight excluding hydrogens is 280 g/mol. The lowest BCUT2D eigenvalue weighted by Crippen LogP contribution is -2.35. The Hall–Kier alpha value is -2.69. The number of nitro groups is 1. The van der Waals surface area contributed by atoms with E-state index in [1.807, 2.05) is 18.2 Å². The molecule has 5 heteroatoms. The summed E-state index contributed by atoms with van der Waals surface area (Å²) in [6, 6.07) is 12.7. The number of hydrogen-bond donors (Lipinski definition) is 0. The second kappa shape index (κ2) is 5.60. The van der Waals surface area contributed by atoms with Crippen molar-refractivity contribution in [1.82, 2.24) is 4.90 Å². The molecule has 0 fully saturated rings. The highest BCUT2D eigenvalue weighted by Crippen LogP contribution is 2.23. The van der Waals surface area contributed by atoms with Crippen molar-refractivity contribution in [3.05, 3.63) is 74.8 Å². The fraction of sp³-hybridized carbons (Fsp3) is 0.235. The van der Waals surface area contributed by atoms with Gasteiger partial charge in [0.25, 0.3) is 11.6 Å². The lowest BCUT2D eigenvalue weighted by molar-refractivity contribution is -0.385. The Balaban J connectivity index is 1.86. The molecule has 0 bridgehead atoms. The summed E-state index contributed by atoms with van der Waals surface area (Å²) in [6.07, 6.45) is 0.815. The molecule has 0 unspecified atom stereocenters. The van der Waals surface area contributed by atoms with Crippen LogP contribution < -0.4 is 0 Å². The predicted octanol–water partition coefficient (Wildman–Crippen LogP) is 3.10. The number of fused-ring (bicyclic) bond motifs is 1. The number of carbonyl (C=O) groups excluding carboxylic acids is 1. The number of nitro benzene ring substituents is 1. The number of benzene rings is 2. The molecule has 2 aromatic carbocycles. The van der Waals surface area contributed by atoms with Crippen LogP contribution in [0.5, 0.6) is 0 Å². The summed E-state index contributed by atoms with van der Waals surface area (Å²) in [7, 11) is 0. The molecule has 1 aliphatic heterocycles. The van der Waals surface area contributed by atoms with Gasteiger partial charge in [-0.1, -0.05) is 30.3 Å². The summed E-state index contributed by atoms with van der Waals surface area (Å²) >= 11 is 0. The van der Waals surface area contributed by atoms with E-state index in [1.54, 1.807) is 24.0 Å². The fourth-order valence-corrected chi connectivity index (χ4v) is 2.79. The number of carbonyl (C=O) groups is 1. The van der Waals surface area contributed by atoms with E-state index in [-0.39, 0.29) is 11.6 Å². The molecule has 22 heavy (non-hydrogen) atoms. The van der Waals surface area contributed by atoms with Crippen molar-refractivity contribution in [3.63, 3.8) is 0 Å². The molecule has 0 aromatic heterocycles. The molecule has 0 aliphatic carbocycles. The third-order valence-corrected chi connectivity index (χ3v) is 4.07. The molecule has 5 nitrogen and oxygen atoms in total. The fourth-order valence-electron chi connectivity index (χ4n) is 2.79. The molecule has 1 amide bonds. The molecule has 2 aromatic rings. The average Bonchev–Trinajstić information content (AvgIpc) is 2.54. The van der Waals surface area contributed by atoms with Gasteiger partial charge < -0.3 is 4.90 Å². The van der Waals surface area contributed by atoms with Crippen LogP contribution in [0.15, 0.2) is 42.5 Å². The zero-order valence-corrected chi connectivity index (χ0v) is 12.3. The van der Waals surface area contributed by atoms with Gasteiger partial charge in [0.2, 0.25) is 0 Å². The summed E-state index contributed by atoms with van der Waals surface area (Å²) in [6.45, 7) is 2.86. The van der Waals surface area contributed by atoms with Crippen molar-refractivity contribution in [1.29, 1.82) is 0 Å². The predicted molar refractivity (Wildman–Crippen MR) is 82.7 cm³/mol. The van der Waals surface area contributed by atoms with Crippen molar-refractivity contribution < 1.29 is 9.72 Å². The van der Waals surface area contributed by atoms with Crippen molar-refractivity contribution in [2.24, 2.45) is 0 Å². The van der Waals surface area contributed by atoms with Crippen LogP contribution in [0.3, 0.4) is 0 Å². The van der Waals surface area contributed by atoms with Gasteiger partial charge in [0.15, 0.2) is 0 Å². The van der Waals surface area contributed by atoms with E-state index >= 15 is 0 Å². The van der Waals surface area contributed by atoms with Crippen LogP contribution >= 0.6 is 0 Å². The maximum absolute atomic E-state index is 12.6. The minimum Gasteiger partial charge on any atom is -0.334 e. The maximum atomic E-state index is 12.6. The summed E-state index contributed by atoms with van der Waals surface area (Å²) in [4.78, 5) is 24.9. The Bertz CT molecular complexity index is 755. The maximum Gasteiger partial charge on any atom is 0.273 e. The molecule has 0 radical (unpaired) electrons. The molecule has 0 spiro atoms. The van der Waals surface area contributed by atoms with Crippen LogP contribution in [0.4, 0.5) is 5.69 Å². The Kier molecular flexibility index (Phi) is 3.63. The zero-order valence-electron chi connectivity index (χ0n) is 12.3. The molecule has 0 saturated carbocycles. The van der Waals surface area contributed by atoms with E-state index in [0.717, 1.165) is 12.0 Å². The van der Waals surface area contributed by atoms with E-state index in [1.165, 1.54) is 11.6 Å². The van der Waals surface area contributed by atoms with Gasteiger partial charge in [-0.2, -0.15) is 0 Å². The number of hydrogen-bond acceptors (Lipinski definition) is 3. The standard InChI is InChI=1S/C17H16N2O3/c1-12-6-7-14(10-16(12)19(21)22)17(20)18-9-8-13-4-2-3-5-15(13)11-18/h2-7,10H,8-9,11H2,1H3. The van der Waals surface area contributed by atoms with Crippen LogP contribution in [-0.2, 0) is 13.0 Å².